The fourth-order valence-corrected chi connectivity index (χ4v) is 1.67. The van der Waals surface area contributed by atoms with Crippen molar-refractivity contribution in [1.82, 2.24) is 9.78 Å². The predicted octanol–water partition coefficient (Wildman–Crippen LogP) is 3.46. The van der Waals surface area contributed by atoms with E-state index in [4.69, 9.17) is 4.74 Å². The minimum Gasteiger partial charge on any atom is -0.439 e. The normalized spacial score (nSPS) is 9.68. The van der Waals surface area contributed by atoms with Crippen LogP contribution in [-0.2, 0) is 20.1 Å². The molecule has 0 atom stereocenters. The van der Waals surface area contributed by atoms with Gasteiger partial charge in [-0.2, -0.15) is 29.4 Å². The van der Waals surface area contributed by atoms with Crippen molar-refractivity contribution in [1.29, 1.82) is 0 Å². The summed E-state index contributed by atoms with van der Waals surface area (Å²) in [6, 6.07) is 22.2. The number of ether oxygens (including phenoxy) is 1. The Morgan fingerprint density at radius 3 is 2.47 bits per heavy atom. The van der Waals surface area contributed by atoms with Crippen molar-refractivity contribution >= 4 is 0 Å². The molecular formula is C15H11IrN2O-. The Balaban J connectivity index is 0.00000133. The zero-order chi connectivity index (χ0) is 12.2. The molecule has 0 N–H and O–H groups in total. The van der Waals surface area contributed by atoms with Crippen LogP contribution in [0.3, 0.4) is 0 Å². The summed E-state index contributed by atoms with van der Waals surface area (Å²) in [5.41, 5.74) is 0.855. The molecule has 19 heavy (non-hydrogen) atoms. The molecule has 0 fully saturated rings. The monoisotopic (exact) mass is 428 g/mol. The summed E-state index contributed by atoms with van der Waals surface area (Å²) >= 11 is 0. The van der Waals surface area contributed by atoms with Crippen LogP contribution in [0.5, 0.6) is 11.6 Å². The maximum absolute atomic E-state index is 5.78. The topological polar surface area (TPSA) is 27.1 Å². The molecule has 4 heteroatoms. The Hall–Kier alpha value is -1.90. The molecule has 97 valence electrons. The van der Waals surface area contributed by atoms with Crippen LogP contribution in [0.1, 0.15) is 0 Å². The Morgan fingerprint density at radius 1 is 0.947 bits per heavy atom. The van der Waals surface area contributed by atoms with E-state index in [1.807, 2.05) is 60.7 Å². The fraction of sp³-hybridized carbons (Fsp3) is 0. The van der Waals surface area contributed by atoms with E-state index < -0.39 is 0 Å². The van der Waals surface area contributed by atoms with Crippen LogP contribution in [-0.4, -0.2) is 9.78 Å². The van der Waals surface area contributed by atoms with Gasteiger partial charge in [0.2, 0.25) is 5.88 Å². The van der Waals surface area contributed by atoms with E-state index in [9.17, 15) is 0 Å². The number of nitrogens with zero attached hydrogens (tertiary/aromatic N) is 2. The van der Waals surface area contributed by atoms with Crippen molar-refractivity contribution in [3.05, 3.63) is 72.9 Å². The molecule has 0 saturated carbocycles. The van der Waals surface area contributed by atoms with Crippen LogP contribution in [0.2, 0.25) is 0 Å². The number of hydrogen-bond acceptors (Lipinski definition) is 2. The van der Waals surface area contributed by atoms with Crippen LogP contribution in [0.4, 0.5) is 0 Å². The van der Waals surface area contributed by atoms with Crippen molar-refractivity contribution in [3.63, 3.8) is 0 Å². The Kier molecular flexibility index (Phi) is 4.50. The van der Waals surface area contributed by atoms with Gasteiger partial charge in [0.05, 0.1) is 6.20 Å². The average molecular weight is 427 g/mol. The van der Waals surface area contributed by atoms with Gasteiger partial charge in [0.1, 0.15) is 5.75 Å². The second-order valence-corrected chi connectivity index (χ2v) is 3.74. The predicted molar refractivity (Wildman–Crippen MR) is 68.9 cm³/mol. The van der Waals surface area contributed by atoms with Gasteiger partial charge in [-0.15, -0.1) is 6.07 Å². The van der Waals surface area contributed by atoms with Crippen molar-refractivity contribution in [3.8, 4) is 17.3 Å². The second-order valence-electron chi connectivity index (χ2n) is 3.74. The van der Waals surface area contributed by atoms with Gasteiger partial charge in [0.15, 0.2) is 0 Å². The molecular weight excluding hydrogens is 416 g/mol. The number of para-hydroxylation sites is 2. The number of rotatable bonds is 3. The molecule has 0 aliphatic rings. The third kappa shape index (κ3) is 3.11. The molecule has 1 aromatic heterocycles. The quantitative estimate of drug-likeness (QED) is 0.599. The zero-order valence-electron chi connectivity index (χ0n) is 9.99. The van der Waals surface area contributed by atoms with Crippen molar-refractivity contribution < 1.29 is 24.8 Å². The Morgan fingerprint density at radius 2 is 1.74 bits per heavy atom. The summed E-state index contributed by atoms with van der Waals surface area (Å²) in [5.74, 6) is 1.46. The molecule has 3 nitrogen and oxygen atoms in total. The molecule has 3 aromatic rings. The van der Waals surface area contributed by atoms with Crippen LogP contribution < -0.4 is 4.74 Å². The molecule has 0 bridgehead atoms. The van der Waals surface area contributed by atoms with Gasteiger partial charge >= 0.3 is 0 Å². The molecule has 0 unspecified atom stereocenters. The molecule has 3 rings (SSSR count). The molecule has 0 aliphatic carbocycles. The third-order valence-electron chi connectivity index (χ3n) is 2.49. The Labute approximate surface area is 125 Å². The van der Waals surface area contributed by atoms with Crippen LogP contribution in [0.25, 0.3) is 5.69 Å². The van der Waals surface area contributed by atoms with Gasteiger partial charge in [0.25, 0.3) is 0 Å². The number of benzene rings is 2. The zero-order valence-corrected chi connectivity index (χ0v) is 12.4. The Bertz CT molecular complexity index is 623. The first-order valence-corrected chi connectivity index (χ1v) is 5.67. The van der Waals surface area contributed by atoms with Crippen LogP contribution in [0, 0.1) is 6.07 Å². The van der Waals surface area contributed by atoms with Gasteiger partial charge < -0.3 is 4.74 Å². The smallest absolute Gasteiger partial charge is 0.220 e. The standard InChI is InChI=1S/C15H11N2O.Ir/c1-3-7-13(8-4-1)17-15(11-12-16-17)18-14-9-5-2-6-10-14;/h1-7,9-12H;/q-1;. The number of aromatic nitrogens is 2. The van der Waals surface area contributed by atoms with E-state index >= 15 is 0 Å². The summed E-state index contributed by atoms with van der Waals surface area (Å²) in [4.78, 5) is 0. The van der Waals surface area contributed by atoms with E-state index in [0.29, 0.717) is 5.88 Å². The van der Waals surface area contributed by atoms with E-state index in [1.165, 1.54) is 0 Å². The van der Waals surface area contributed by atoms with Crippen LogP contribution >= 0.6 is 0 Å². The molecule has 2 aromatic carbocycles. The van der Waals surface area contributed by atoms with Gasteiger partial charge in [-0.25, -0.2) is 4.68 Å². The van der Waals surface area contributed by atoms with Crippen molar-refractivity contribution in [2.24, 2.45) is 0 Å². The average Bonchev–Trinajstić information content (AvgIpc) is 2.89. The summed E-state index contributed by atoms with van der Waals surface area (Å²) in [7, 11) is 0. The van der Waals surface area contributed by atoms with Gasteiger partial charge in [0, 0.05) is 26.2 Å². The number of hydrogen-bond donors (Lipinski definition) is 0. The maximum Gasteiger partial charge on any atom is 0.220 e. The SMILES string of the molecule is [Ir].[c-]1ccccc1-n1nccc1Oc1ccccc1. The summed E-state index contributed by atoms with van der Waals surface area (Å²) < 4.78 is 7.50. The van der Waals surface area contributed by atoms with Gasteiger partial charge in [-0.3, -0.25) is 0 Å². The minimum atomic E-state index is 0. The van der Waals surface area contributed by atoms with E-state index in [2.05, 4.69) is 11.2 Å². The van der Waals surface area contributed by atoms with Gasteiger partial charge in [-0.1, -0.05) is 18.2 Å². The second kappa shape index (κ2) is 6.32. The van der Waals surface area contributed by atoms with Crippen molar-refractivity contribution in [2.45, 2.75) is 0 Å². The minimum absolute atomic E-state index is 0. The molecule has 1 radical (unpaired) electrons. The van der Waals surface area contributed by atoms with Crippen molar-refractivity contribution in [2.75, 3.05) is 0 Å². The third-order valence-corrected chi connectivity index (χ3v) is 2.49. The largest absolute Gasteiger partial charge is 0.439 e. The summed E-state index contributed by atoms with van der Waals surface area (Å²) in [6.45, 7) is 0. The molecule has 0 saturated heterocycles. The molecule has 0 amide bonds. The first-order valence-electron chi connectivity index (χ1n) is 5.67. The van der Waals surface area contributed by atoms with E-state index in [0.717, 1.165) is 11.4 Å². The summed E-state index contributed by atoms with van der Waals surface area (Å²) in [5, 5.41) is 4.24. The molecule has 1 heterocycles. The first kappa shape index (κ1) is 13.5. The maximum atomic E-state index is 5.78. The molecule has 0 spiro atoms. The van der Waals surface area contributed by atoms with Gasteiger partial charge in [-0.05, 0) is 17.8 Å². The molecule has 0 aliphatic heterocycles. The van der Waals surface area contributed by atoms with Crippen LogP contribution in [0.15, 0.2) is 66.9 Å². The van der Waals surface area contributed by atoms with E-state index in [-0.39, 0.29) is 20.1 Å². The van der Waals surface area contributed by atoms with E-state index in [1.54, 1.807) is 10.9 Å². The first-order chi connectivity index (χ1) is 8.93. The fourth-order valence-electron chi connectivity index (χ4n) is 1.67. The summed E-state index contributed by atoms with van der Waals surface area (Å²) in [6.07, 6.45) is 1.71.